The van der Waals surface area contributed by atoms with Gasteiger partial charge in [0.05, 0.1) is 0 Å². The highest BCUT2D eigenvalue weighted by Gasteiger charge is 2.22. The molecule has 0 aromatic heterocycles. The van der Waals surface area contributed by atoms with Crippen molar-refractivity contribution in [3.63, 3.8) is 0 Å². The summed E-state index contributed by atoms with van der Waals surface area (Å²) in [7, 11) is 0. The number of unbranched alkanes of at least 4 members (excludes halogenated alkanes) is 1. The Morgan fingerprint density at radius 2 is 2.40 bits per heavy atom. The third kappa shape index (κ3) is 3.41. The molecule has 0 amide bonds. The molecule has 0 bridgehead atoms. The van der Waals surface area contributed by atoms with Crippen LogP contribution in [0.25, 0.3) is 0 Å². The van der Waals surface area contributed by atoms with Crippen LogP contribution in [0.2, 0.25) is 0 Å². The van der Waals surface area contributed by atoms with E-state index in [4.69, 9.17) is 4.74 Å². The van der Waals surface area contributed by atoms with Crippen molar-refractivity contribution >= 4 is 5.97 Å². The van der Waals surface area contributed by atoms with Crippen molar-refractivity contribution < 1.29 is 9.53 Å². The molecule has 0 spiro atoms. The van der Waals surface area contributed by atoms with Crippen LogP contribution < -0.4 is 0 Å². The SMILES string of the molecule is C=C=C(CCCC)CC1C=C(C)C(=O)O1. The summed E-state index contributed by atoms with van der Waals surface area (Å²) in [5.74, 6) is -0.195. The van der Waals surface area contributed by atoms with Gasteiger partial charge in [0.15, 0.2) is 0 Å². The quantitative estimate of drug-likeness (QED) is 0.510. The molecule has 1 rings (SSSR count). The van der Waals surface area contributed by atoms with Gasteiger partial charge in [-0.1, -0.05) is 19.9 Å². The zero-order valence-corrected chi connectivity index (χ0v) is 9.51. The van der Waals surface area contributed by atoms with E-state index >= 15 is 0 Å². The van der Waals surface area contributed by atoms with Gasteiger partial charge in [-0.3, -0.25) is 0 Å². The van der Waals surface area contributed by atoms with Gasteiger partial charge in [-0.05, 0) is 31.4 Å². The Balaban J connectivity index is 2.48. The van der Waals surface area contributed by atoms with Crippen molar-refractivity contribution in [2.24, 2.45) is 0 Å². The van der Waals surface area contributed by atoms with E-state index in [1.165, 1.54) is 0 Å². The molecule has 0 radical (unpaired) electrons. The van der Waals surface area contributed by atoms with Crippen LogP contribution in [0.3, 0.4) is 0 Å². The van der Waals surface area contributed by atoms with Crippen molar-refractivity contribution in [1.82, 2.24) is 0 Å². The topological polar surface area (TPSA) is 26.3 Å². The minimum absolute atomic E-state index is 0.0985. The molecule has 0 N–H and O–H groups in total. The van der Waals surface area contributed by atoms with E-state index in [0.717, 1.165) is 31.3 Å². The first kappa shape index (κ1) is 11.8. The summed E-state index contributed by atoms with van der Waals surface area (Å²) in [6, 6.07) is 0. The largest absolute Gasteiger partial charge is 0.454 e. The molecule has 2 nitrogen and oxygen atoms in total. The van der Waals surface area contributed by atoms with Crippen LogP contribution in [0, 0.1) is 0 Å². The summed E-state index contributed by atoms with van der Waals surface area (Å²) in [4.78, 5) is 11.1. The second-order valence-electron chi connectivity index (χ2n) is 3.88. The minimum Gasteiger partial charge on any atom is -0.454 e. The van der Waals surface area contributed by atoms with Crippen molar-refractivity contribution in [2.45, 2.75) is 45.6 Å². The molecular weight excluding hydrogens is 188 g/mol. The molecule has 0 aromatic rings. The maximum Gasteiger partial charge on any atom is 0.334 e. The summed E-state index contributed by atoms with van der Waals surface area (Å²) in [5, 5.41) is 0. The molecule has 15 heavy (non-hydrogen) atoms. The monoisotopic (exact) mass is 206 g/mol. The highest BCUT2D eigenvalue weighted by Crippen LogP contribution is 2.21. The van der Waals surface area contributed by atoms with Crippen LogP contribution in [-0.4, -0.2) is 12.1 Å². The highest BCUT2D eigenvalue weighted by molar-refractivity contribution is 5.90. The Labute approximate surface area is 91.3 Å². The Kier molecular flexibility index (Phi) is 4.38. The van der Waals surface area contributed by atoms with Crippen LogP contribution in [0.15, 0.2) is 29.5 Å². The van der Waals surface area contributed by atoms with Crippen LogP contribution in [-0.2, 0) is 9.53 Å². The van der Waals surface area contributed by atoms with Crippen molar-refractivity contribution in [2.75, 3.05) is 0 Å². The molecule has 0 saturated heterocycles. The lowest BCUT2D eigenvalue weighted by Crippen LogP contribution is -2.08. The van der Waals surface area contributed by atoms with E-state index in [9.17, 15) is 4.79 Å². The number of hydrogen-bond acceptors (Lipinski definition) is 2. The van der Waals surface area contributed by atoms with E-state index in [1.54, 1.807) is 6.92 Å². The van der Waals surface area contributed by atoms with Crippen molar-refractivity contribution in [1.29, 1.82) is 0 Å². The number of ether oxygens (including phenoxy) is 1. The zero-order chi connectivity index (χ0) is 11.3. The Morgan fingerprint density at radius 1 is 1.67 bits per heavy atom. The first-order valence-electron chi connectivity index (χ1n) is 5.44. The molecule has 2 heteroatoms. The maximum atomic E-state index is 11.1. The Morgan fingerprint density at radius 3 is 2.87 bits per heavy atom. The molecule has 82 valence electrons. The average Bonchev–Trinajstić information content (AvgIpc) is 2.53. The van der Waals surface area contributed by atoms with Crippen LogP contribution >= 0.6 is 0 Å². The third-order valence-electron chi connectivity index (χ3n) is 2.55. The normalized spacial score (nSPS) is 19.5. The van der Waals surface area contributed by atoms with E-state index in [2.05, 4.69) is 19.2 Å². The predicted octanol–water partition coefficient (Wildman–Crippen LogP) is 3.15. The summed E-state index contributed by atoms with van der Waals surface area (Å²) >= 11 is 0. The van der Waals surface area contributed by atoms with Gasteiger partial charge in [-0.15, -0.1) is 5.73 Å². The van der Waals surface area contributed by atoms with Crippen LogP contribution in [0.5, 0.6) is 0 Å². The van der Waals surface area contributed by atoms with Crippen LogP contribution in [0.4, 0.5) is 0 Å². The minimum atomic E-state index is -0.195. The lowest BCUT2D eigenvalue weighted by Gasteiger charge is -2.09. The standard InChI is InChI=1S/C13H18O2/c1-4-6-7-11(5-2)9-12-8-10(3)13(14)15-12/h8,12H,2,4,6-7,9H2,1,3H3. The number of hydrogen-bond donors (Lipinski definition) is 0. The number of esters is 1. The molecule has 0 fully saturated rings. The van der Waals surface area contributed by atoms with E-state index in [1.807, 2.05) is 6.08 Å². The van der Waals surface area contributed by atoms with Gasteiger partial charge in [-0.25, -0.2) is 4.79 Å². The van der Waals surface area contributed by atoms with E-state index in [-0.39, 0.29) is 12.1 Å². The molecule has 1 aliphatic heterocycles. The van der Waals surface area contributed by atoms with Gasteiger partial charge in [0.25, 0.3) is 0 Å². The summed E-state index contributed by atoms with van der Waals surface area (Å²) in [5.41, 5.74) is 4.80. The second kappa shape index (κ2) is 5.57. The van der Waals surface area contributed by atoms with Crippen LogP contribution in [0.1, 0.15) is 39.5 Å². The van der Waals surface area contributed by atoms with Gasteiger partial charge in [-0.2, -0.15) is 0 Å². The number of carbonyl (C=O) groups excluding carboxylic acids is 1. The fourth-order valence-corrected chi connectivity index (χ4v) is 1.61. The Hall–Kier alpha value is -1.27. The predicted molar refractivity (Wildman–Crippen MR) is 60.4 cm³/mol. The summed E-state index contributed by atoms with van der Waals surface area (Å²) < 4.78 is 5.17. The molecule has 1 aliphatic rings. The third-order valence-corrected chi connectivity index (χ3v) is 2.55. The van der Waals surface area contributed by atoms with Gasteiger partial charge in [0, 0.05) is 12.0 Å². The molecule has 1 unspecified atom stereocenters. The van der Waals surface area contributed by atoms with Gasteiger partial charge >= 0.3 is 5.97 Å². The molecule has 1 heterocycles. The summed E-state index contributed by atoms with van der Waals surface area (Å²) in [6.45, 7) is 7.61. The Bertz CT molecular complexity index is 319. The first-order valence-corrected chi connectivity index (χ1v) is 5.44. The molecular formula is C13H18O2. The van der Waals surface area contributed by atoms with Gasteiger partial charge in [0.2, 0.25) is 0 Å². The number of rotatable bonds is 5. The molecule has 1 atom stereocenters. The lowest BCUT2D eigenvalue weighted by molar-refractivity contribution is -0.139. The lowest BCUT2D eigenvalue weighted by atomic mass is 10.0. The van der Waals surface area contributed by atoms with Gasteiger partial charge in [0.1, 0.15) is 6.10 Å². The fraction of sp³-hybridized carbons (Fsp3) is 0.538. The zero-order valence-electron chi connectivity index (χ0n) is 9.51. The van der Waals surface area contributed by atoms with Crippen molar-refractivity contribution in [3.8, 4) is 0 Å². The molecule has 0 aromatic carbocycles. The average molecular weight is 206 g/mol. The highest BCUT2D eigenvalue weighted by atomic mass is 16.5. The molecule has 0 aliphatic carbocycles. The van der Waals surface area contributed by atoms with E-state index in [0.29, 0.717) is 5.57 Å². The van der Waals surface area contributed by atoms with Crippen molar-refractivity contribution in [3.05, 3.63) is 29.5 Å². The number of carbonyl (C=O) groups is 1. The maximum absolute atomic E-state index is 11.1. The summed E-state index contributed by atoms with van der Waals surface area (Å²) in [6.07, 6.45) is 5.82. The first-order chi connectivity index (χ1) is 7.17. The van der Waals surface area contributed by atoms with Gasteiger partial charge < -0.3 is 4.74 Å². The number of cyclic esters (lactones) is 1. The second-order valence-corrected chi connectivity index (χ2v) is 3.88. The molecule has 0 saturated carbocycles. The fourth-order valence-electron chi connectivity index (χ4n) is 1.61. The smallest absolute Gasteiger partial charge is 0.334 e. The van der Waals surface area contributed by atoms with E-state index < -0.39 is 0 Å².